The number of aryl methyl sites for hydroxylation is 1. The molecule has 3 nitrogen and oxygen atoms in total. The van der Waals surface area contributed by atoms with Gasteiger partial charge in [0, 0.05) is 11.1 Å². The van der Waals surface area contributed by atoms with Gasteiger partial charge in [0.25, 0.3) is 0 Å². The van der Waals surface area contributed by atoms with E-state index in [9.17, 15) is 0 Å². The average Bonchev–Trinajstić information content (AvgIpc) is 2.70. The molecule has 2 rings (SSSR count). The monoisotopic (exact) mass is 235 g/mol. The third-order valence-electron chi connectivity index (χ3n) is 2.56. The van der Waals surface area contributed by atoms with E-state index in [1.807, 2.05) is 36.6 Å². The fourth-order valence-corrected chi connectivity index (χ4v) is 1.85. The number of nitrogens with zero attached hydrogens (tertiary/aromatic N) is 2. The van der Waals surface area contributed by atoms with E-state index in [2.05, 4.69) is 4.98 Å². The van der Waals surface area contributed by atoms with E-state index >= 15 is 0 Å². The fourth-order valence-electron chi connectivity index (χ4n) is 1.69. The molecule has 1 aromatic carbocycles. The van der Waals surface area contributed by atoms with Crippen molar-refractivity contribution in [2.45, 2.75) is 19.9 Å². The number of imidazole rings is 1. The second kappa shape index (κ2) is 4.28. The molecule has 16 heavy (non-hydrogen) atoms. The predicted molar refractivity (Wildman–Crippen MR) is 65.9 cm³/mol. The van der Waals surface area contributed by atoms with Gasteiger partial charge in [0.1, 0.15) is 0 Å². The third kappa shape index (κ3) is 1.96. The molecule has 0 aliphatic rings. The van der Waals surface area contributed by atoms with Crippen LogP contribution in [0.1, 0.15) is 24.2 Å². The lowest BCUT2D eigenvalue weighted by Gasteiger charge is -2.13. The van der Waals surface area contributed by atoms with Crippen LogP contribution in [0.3, 0.4) is 0 Å². The van der Waals surface area contributed by atoms with Gasteiger partial charge in [-0.3, -0.25) is 0 Å². The Morgan fingerprint density at radius 1 is 1.44 bits per heavy atom. The minimum absolute atomic E-state index is 0.0547. The molecule has 0 unspecified atom stereocenters. The summed E-state index contributed by atoms with van der Waals surface area (Å²) in [6.07, 6.45) is 3.54. The first-order valence-electron chi connectivity index (χ1n) is 5.14. The predicted octanol–water partition coefficient (Wildman–Crippen LogP) is 2.85. The van der Waals surface area contributed by atoms with Crippen LogP contribution in [0, 0.1) is 6.92 Å². The maximum Gasteiger partial charge on any atom is 0.0994 e. The van der Waals surface area contributed by atoms with Gasteiger partial charge < -0.3 is 10.3 Å². The van der Waals surface area contributed by atoms with Crippen LogP contribution in [0.25, 0.3) is 5.69 Å². The highest BCUT2D eigenvalue weighted by molar-refractivity contribution is 6.30. The van der Waals surface area contributed by atoms with Gasteiger partial charge >= 0.3 is 0 Å². The van der Waals surface area contributed by atoms with Crippen molar-refractivity contribution >= 4 is 11.6 Å². The highest BCUT2D eigenvalue weighted by Crippen LogP contribution is 2.22. The van der Waals surface area contributed by atoms with E-state index in [4.69, 9.17) is 17.3 Å². The Morgan fingerprint density at radius 3 is 2.88 bits per heavy atom. The first-order chi connectivity index (χ1) is 7.59. The zero-order chi connectivity index (χ0) is 11.7. The molecule has 0 saturated heterocycles. The summed E-state index contributed by atoms with van der Waals surface area (Å²) in [4.78, 5) is 4.13. The topological polar surface area (TPSA) is 43.8 Å². The van der Waals surface area contributed by atoms with Crippen molar-refractivity contribution in [3.8, 4) is 5.69 Å². The van der Waals surface area contributed by atoms with E-state index in [-0.39, 0.29) is 6.04 Å². The van der Waals surface area contributed by atoms with Crippen LogP contribution >= 0.6 is 11.6 Å². The molecule has 4 heteroatoms. The molecule has 0 spiro atoms. The number of benzene rings is 1. The molecule has 0 saturated carbocycles. The van der Waals surface area contributed by atoms with Crippen molar-refractivity contribution in [1.29, 1.82) is 0 Å². The lowest BCUT2D eigenvalue weighted by molar-refractivity contribution is 0.751. The van der Waals surface area contributed by atoms with Gasteiger partial charge in [0.2, 0.25) is 0 Å². The number of halogens is 1. The van der Waals surface area contributed by atoms with E-state index in [0.717, 1.165) is 16.9 Å². The SMILES string of the molecule is Cc1ccc(Cl)cc1-n1cncc1[C@H](C)N. The fraction of sp³-hybridized carbons (Fsp3) is 0.250. The van der Waals surface area contributed by atoms with Crippen LogP contribution in [0.15, 0.2) is 30.7 Å². The van der Waals surface area contributed by atoms with Crippen molar-refractivity contribution in [2.24, 2.45) is 5.73 Å². The van der Waals surface area contributed by atoms with Gasteiger partial charge in [-0.1, -0.05) is 17.7 Å². The summed E-state index contributed by atoms with van der Waals surface area (Å²) in [6.45, 7) is 3.98. The molecule has 1 atom stereocenters. The summed E-state index contributed by atoms with van der Waals surface area (Å²) < 4.78 is 1.98. The van der Waals surface area contributed by atoms with Crippen LogP contribution in [0.2, 0.25) is 5.02 Å². The molecule has 1 aromatic heterocycles. The lowest BCUT2D eigenvalue weighted by atomic mass is 10.2. The quantitative estimate of drug-likeness (QED) is 0.870. The maximum absolute atomic E-state index is 6.00. The van der Waals surface area contributed by atoms with Crippen molar-refractivity contribution < 1.29 is 0 Å². The van der Waals surface area contributed by atoms with Gasteiger partial charge in [-0.05, 0) is 31.5 Å². The van der Waals surface area contributed by atoms with Crippen LogP contribution in [-0.4, -0.2) is 9.55 Å². The highest BCUT2D eigenvalue weighted by Gasteiger charge is 2.10. The average molecular weight is 236 g/mol. The minimum Gasteiger partial charge on any atom is -0.323 e. The molecule has 0 bridgehead atoms. The minimum atomic E-state index is -0.0547. The number of hydrogen-bond donors (Lipinski definition) is 1. The van der Waals surface area contributed by atoms with E-state index in [1.54, 1.807) is 12.5 Å². The number of rotatable bonds is 2. The second-order valence-electron chi connectivity index (χ2n) is 3.91. The molecule has 2 N–H and O–H groups in total. The Balaban J connectivity index is 2.58. The van der Waals surface area contributed by atoms with E-state index in [0.29, 0.717) is 5.02 Å². The van der Waals surface area contributed by atoms with Crippen LogP contribution < -0.4 is 5.73 Å². The maximum atomic E-state index is 6.00. The molecule has 0 aliphatic heterocycles. The first-order valence-corrected chi connectivity index (χ1v) is 5.51. The normalized spacial score (nSPS) is 12.8. The molecular formula is C12H14ClN3. The Labute approximate surface area is 99.9 Å². The molecule has 84 valence electrons. The standard InChI is InChI=1S/C12H14ClN3/c1-8-3-4-10(13)5-11(8)16-7-15-6-12(16)9(2)14/h3-7,9H,14H2,1-2H3/t9-/m0/s1. The van der Waals surface area contributed by atoms with E-state index in [1.165, 1.54) is 0 Å². The van der Waals surface area contributed by atoms with Crippen LogP contribution in [-0.2, 0) is 0 Å². The Hall–Kier alpha value is -1.32. The molecular weight excluding hydrogens is 222 g/mol. The summed E-state index contributed by atoms with van der Waals surface area (Å²) in [7, 11) is 0. The largest absolute Gasteiger partial charge is 0.323 e. The first kappa shape index (κ1) is 11.2. The molecule has 2 aromatic rings. The van der Waals surface area contributed by atoms with Gasteiger partial charge in [0.05, 0.1) is 23.9 Å². The zero-order valence-corrected chi connectivity index (χ0v) is 10.1. The summed E-state index contributed by atoms with van der Waals surface area (Å²) >= 11 is 6.00. The smallest absolute Gasteiger partial charge is 0.0994 e. The van der Waals surface area contributed by atoms with Crippen molar-refractivity contribution in [1.82, 2.24) is 9.55 Å². The van der Waals surface area contributed by atoms with Gasteiger partial charge in [-0.15, -0.1) is 0 Å². The van der Waals surface area contributed by atoms with Gasteiger partial charge in [0.15, 0.2) is 0 Å². The summed E-state index contributed by atoms with van der Waals surface area (Å²) in [5.41, 5.74) is 9.04. The lowest BCUT2D eigenvalue weighted by Crippen LogP contribution is -2.11. The Morgan fingerprint density at radius 2 is 2.19 bits per heavy atom. The number of nitrogens with two attached hydrogens (primary N) is 1. The molecule has 1 heterocycles. The molecule has 0 aliphatic carbocycles. The van der Waals surface area contributed by atoms with E-state index < -0.39 is 0 Å². The second-order valence-corrected chi connectivity index (χ2v) is 4.34. The Kier molecular flexibility index (Phi) is 2.99. The highest BCUT2D eigenvalue weighted by atomic mass is 35.5. The molecule has 0 amide bonds. The third-order valence-corrected chi connectivity index (χ3v) is 2.80. The molecule has 0 radical (unpaired) electrons. The van der Waals surface area contributed by atoms with Crippen molar-refractivity contribution in [3.63, 3.8) is 0 Å². The van der Waals surface area contributed by atoms with Gasteiger partial charge in [-0.25, -0.2) is 4.98 Å². The summed E-state index contributed by atoms with van der Waals surface area (Å²) in [5.74, 6) is 0. The van der Waals surface area contributed by atoms with Crippen molar-refractivity contribution in [2.75, 3.05) is 0 Å². The zero-order valence-electron chi connectivity index (χ0n) is 9.31. The summed E-state index contributed by atoms with van der Waals surface area (Å²) in [6, 6.07) is 5.73. The molecule has 0 fully saturated rings. The van der Waals surface area contributed by atoms with Crippen LogP contribution in [0.5, 0.6) is 0 Å². The number of hydrogen-bond acceptors (Lipinski definition) is 2. The van der Waals surface area contributed by atoms with Gasteiger partial charge in [-0.2, -0.15) is 0 Å². The number of aromatic nitrogens is 2. The Bertz CT molecular complexity index is 503. The van der Waals surface area contributed by atoms with Crippen LogP contribution in [0.4, 0.5) is 0 Å². The summed E-state index contributed by atoms with van der Waals surface area (Å²) in [5, 5.41) is 0.713. The van der Waals surface area contributed by atoms with Crippen molar-refractivity contribution in [3.05, 3.63) is 47.0 Å².